The van der Waals surface area contributed by atoms with E-state index >= 15 is 0 Å². The molecule has 29 heavy (non-hydrogen) atoms. The molecule has 0 spiro atoms. The van der Waals surface area contributed by atoms with Gasteiger partial charge in [0.2, 0.25) is 11.0 Å². The third-order valence-corrected chi connectivity index (χ3v) is 6.23. The first kappa shape index (κ1) is 21.4. The molecule has 8 heteroatoms. The molecule has 6 nitrogen and oxygen atoms in total. The van der Waals surface area contributed by atoms with Gasteiger partial charge in [0.1, 0.15) is 15.9 Å². The second-order valence-electron chi connectivity index (χ2n) is 7.11. The average molecular weight is 428 g/mol. The maximum absolute atomic E-state index is 12.8. The highest BCUT2D eigenvalue weighted by molar-refractivity contribution is 8.00. The lowest BCUT2D eigenvalue weighted by atomic mass is 10.1. The van der Waals surface area contributed by atoms with Gasteiger partial charge in [0.25, 0.3) is 0 Å². The molecule has 1 atom stereocenters. The minimum atomic E-state index is -0.273. The molecular weight excluding hydrogens is 402 g/mol. The van der Waals surface area contributed by atoms with E-state index in [4.69, 9.17) is 0 Å². The van der Waals surface area contributed by atoms with Crippen molar-refractivity contribution in [1.82, 2.24) is 20.2 Å². The third kappa shape index (κ3) is 6.08. The van der Waals surface area contributed by atoms with Crippen molar-refractivity contribution in [1.29, 1.82) is 0 Å². The van der Waals surface area contributed by atoms with E-state index in [0.717, 1.165) is 27.7 Å². The van der Waals surface area contributed by atoms with E-state index in [9.17, 15) is 4.79 Å². The van der Waals surface area contributed by atoms with E-state index < -0.39 is 0 Å². The zero-order chi connectivity index (χ0) is 20.8. The van der Waals surface area contributed by atoms with Gasteiger partial charge in [-0.05, 0) is 25.3 Å². The van der Waals surface area contributed by atoms with Crippen molar-refractivity contribution in [3.63, 3.8) is 0 Å². The zero-order valence-electron chi connectivity index (χ0n) is 17.0. The van der Waals surface area contributed by atoms with Crippen LogP contribution in [0.3, 0.4) is 0 Å². The Morgan fingerprint density at radius 3 is 2.62 bits per heavy atom. The smallest absolute Gasteiger partial charge is 0.239 e. The Balaban J connectivity index is 1.71. The number of hydrogen-bond acceptors (Lipinski definition) is 7. The Kier molecular flexibility index (Phi) is 7.33. The number of thioether (sulfide) groups is 1. The van der Waals surface area contributed by atoms with Gasteiger partial charge in [-0.3, -0.25) is 10.1 Å². The van der Waals surface area contributed by atoms with Crippen LogP contribution in [-0.4, -0.2) is 31.3 Å². The van der Waals surface area contributed by atoms with Crippen LogP contribution >= 0.6 is 23.1 Å². The number of carbonyl (C=O) groups excluding carboxylic acids is 1. The average Bonchev–Trinajstić information content (AvgIpc) is 3.12. The van der Waals surface area contributed by atoms with Gasteiger partial charge in [0.05, 0.1) is 10.9 Å². The van der Waals surface area contributed by atoms with Crippen LogP contribution in [0.15, 0.2) is 41.4 Å². The summed E-state index contributed by atoms with van der Waals surface area (Å²) < 4.78 is 0. The maximum Gasteiger partial charge on any atom is 0.239 e. The number of hydrogen-bond donors (Lipinski definition) is 1. The van der Waals surface area contributed by atoms with E-state index in [1.54, 1.807) is 0 Å². The molecular formula is C21H25N5OS2. The van der Waals surface area contributed by atoms with Gasteiger partial charge in [0, 0.05) is 12.0 Å². The van der Waals surface area contributed by atoms with Crippen LogP contribution in [0.1, 0.15) is 38.0 Å². The lowest BCUT2D eigenvalue weighted by Crippen LogP contribution is -2.24. The zero-order valence-corrected chi connectivity index (χ0v) is 18.7. The Morgan fingerprint density at radius 2 is 1.93 bits per heavy atom. The fraction of sp³-hybridized carbons (Fsp3) is 0.381. The minimum absolute atomic E-state index is 0.0812. The van der Waals surface area contributed by atoms with E-state index in [0.29, 0.717) is 23.3 Å². The summed E-state index contributed by atoms with van der Waals surface area (Å²) in [6.45, 7) is 8.14. The summed E-state index contributed by atoms with van der Waals surface area (Å²) in [7, 11) is 0. The molecule has 1 aromatic carbocycles. The van der Waals surface area contributed by atoms with Gasteiger partial charge in [-0.2, -0.15) is 0 Å². The highest BCUT2D eigenvalue weighted by Crippen LogP contribution is 2.29. The molecule has 0 saturated carbocycles. The fourth-order valence-electron chi connectivity index (χ4n) is 2.75. The van der Waals surface area contributed by atoms with E-state index in [1.165, 1.54) is 23.1 Å². The number of nitrogens with one attached hydrogen (secondary N) is 1. The molecule has 0 aliphatic carbocycles. The van der Waals surface area contributed by atoms with Crippen LogP contribution in [0.4, 0.5) is 5.13 Å². The van der Waals surface area contributed by atoms with Crippen LogP contribution in [0, 0.1) is 12.8 Å². The van der Waals surface area contributed by atoms with Crippen LogP contribution in [0.5, 0.6) is 0 Å². The van der Waals surface area contributed by atoms with Crippen molar-refractivity contribution < 1.29 is 4.79 Å². The SMILES string of the molecule is CCC(Sc1cc(-c2ccccc2)nc(C)n1)C(=O)Nc1nnc(CC(C)C)s1. The fourth-order valence-corrected chi connectivity index (χ4v) is 4.69. The summed E-state index contributed by atoms with van der Waals surface area (Å²) >= 11 is 2.89. The van der Waals surface area contributed by atoms with Gasteiger partial charge in [0.15, 0.2) is 0 Å². The number of carbonyl (C=O) groups is 1. The van der Waals surface area contributed by atoms with Gasteiger partial charge in [-0.1, -0.05) is 74.2 Å². The first-order valence-electron chi connectivity index (χ1n) is 9.65. The monoisotopic (exact) mass is 427 g/mol. The van der Waals surface area contributed by atoms with Crippen molar-refractivity contribution in [2.45, 2.75) is 50.8 Å². The standard InChI is InChI=1S/C21H25N5OS2/c1-5-17(20(27)24-21-26-25-19(29-21)11-13(2)3)28-18-12-16(22-14(4)23-18)15-9-7-6-8-10-15/h6-10,12-13,17H,5,11H2,1-4H3,(H,24,26,27). The molecule has 2 aromatic heterocycles. The predicted molar refractivity (Wildman–Crippen MR) is 119 cm³/mol. The van der Waals surface area contributed by atoms with Crippen LogP contribution in [0.25, 0.3) is 11.3 Å². The maximum atomic E-state index is 12.8. The second kappa shape index (κ2) is 9.93. The Morgan fingerprint density at radius 1 is 1.17 bits per heavy atom. The van der Waals surface area contributed by atoms with Crippen LogP contribution < -0.4 is 5.32 Å². The summed E-state index contributed by atoms with van der Waals surface area (Å²) in [6.07, 6.45) is 1.54. The first-order chi connectivity index (χ1) is 13.9. The normalized spacial score (nSPS) is 12.2. The summed E-state index contributed by atoms with van der Waals surface area (Å²) in [4.78, 5) is 21.8. The molecule has 0 aliphatic rings. The largest absolute Gasteiger partial charge is 0.300 e. The van der Waals surface area contributed by atoms with Crippen molar-refractivity contribution in [2.24, 2.45) is 5.92 Å². The molecule has 1 unspecified atom stereocenters. The van der Waals surface area contributed by atoms with E-state index in [-0.39, 0.29) is 11.2 Å². The number of aromatic nitrogens is 4. The second-order valence-corrected chi connectivity index (χ2v) is 9.39. The number of rotatable bonds is 8. The number of benzene rings is 1. The molecule has 1 amide bonds. The van der Waals surface area contributed by atoms with Gasteiger partial charge >= 0.3 is 0 Å². The molecule has 1 N–H and O–H groups in total. The summed E-state index contributed by atoms with van der Waals surface area (Å²) in [5.74, 6) is 1.11. The predicted octanol–water partition coefficient (Wildman–Crippen LogP) is 5.01. The highest BCUT2D eigenvalue weighted by Gasteiger charge is 2.21. The van der Waals surface area contributed by atoms with Gasteiger partial charge in [-0.25, -0.2) is 9.97 Å². The highest BCUT2D eigenvalue weighted by atomic mass is 32.2. The van der Waals surface area contributed by atoms with Crippen LogP contribution in [-0.2, 0) is 11.2 Å². The van der Waals surface area contributed by atoms with Crippen LogP contribution in [0.2, 0.25) is 0 Å². The lowest BCUT2D eigenvalue weighted by molar-refractivity contribution is -0.115. The topological polar surface area (TPSA) is 80.7 Å². The molecule has 2 heterocycles. The number of anilines is 1. The Bertz CT molecular complexity index is 959. The van der Waals surface area contributed by atoms with E-state index in [2.05, 4.69) is 39.3 Å². The molecule has 0 fully saturated rings. The Hall–Kier alpha value is -2.32. The number of nitrogens with zero attached hydrogens (tertiary/aromatic N) is 4. The number of amides is 1. The summed E-state index contributed by atoms with van der Waals surface area (Å²) in [5, 5.41) is 13.2. The van der Waals surface area contributed by atoms with Crippen molar-refractivity contribution >= 4 is 34.1 Å². The molecule has 3 aromatic rings. The van der Waals surface area contributed by atoms with Crippen molar-refractivity contribution in [3.8, 4) is 11.3 Å². The first-order valence-corrected chi connectivity index (χ1v) is 11.3. The Labute approximate surface area is 179 Å². The molecule has 0 saturated heterocycles. The lowest BCUT2D eigenvalue weighted by Gasteiger charge is -2.14. The molecule has 3 rings (SSSR count). The molecule has 0 radical (unpaired) electrons. The molecule has 152 valence electrons. The molecule has 0 aliphatic heterocycles. The minimum Gasteiger partial charge on any atom is -0.300 e. The van der Waals surface area contributed by atoms with Gasteiger partial charge in [-0.15, -0.1) is 10.2 Å². The van der Waals surface area contributed by atoms with E-state index in [1.807, 2.05) is 50.2 Å². The quantitative estimate of drug-likeness (QED) is 0.402. The summed E-state index contributed by atoms with van der Waals surface area (Å²) in [6, 6.07) is 11.9. The summed E-state index contributed by atoms with van der Waals surface area (Å²) in [5.41, 5.74) is 1.89. The number of aryl methyl sites for hydroxylation is 1. The van der Waals surface area contributed by atoms with Gasteiger partial charge < -0.3 is 0 Å². The molecule has 0 bridgehead atoms. The third-order valence-electron chi connectivity index (χ3n) is 4.09. The van der Waals surface area contributed by atoms with Crippen molar-refractivity contribution in [3.05, 3.63) is 47.2 Å². The van der Waals surface area contributed by atoms with Crippen molar-refractivity contribution in [2.75, 3.05) is 5.32 Å².